The summed E-state index contributed by atoms with van der Waals surface area (Å²) in [7, 11) is 0. The molecule has 118 valence electrons. The van der Waals surface area contributed by atoms with Crippen molar-refractivity contribution >= 4 is 28.5 Å². The quantitative estimate of drug-likeness (QED) is 0.485. The topological polar surface area (TPSA) is 48.1 Å². The van der Waals surface area contributed by atoms with Gasteiger partial charge in [0.1, 0.15) is 0 Å². The average molecular weight is 338 g/mol. The summed E-state index contributed by atoms with van der Waals surface area (Å²) in [5.41, 5.74) is -3.31. The minimum Gasteiger partial charge on any atom is -0.276 e. The number of alkyl halides is 3. The third-order valence-electron chi connectivity index (χ3n) is 3.24. The first kappa shape index (κ1) is 15.4. The van der Waals surface area contributed by atoms with E-state index < -0.39 is 10.4 Å². The fourth-order valence-electron chi connectivity index (χ4n) is 2.29. The molecule has 2 aromatic carbocycles. The molecule has 0 spiro atoms. The molecule has 3 aromatic rings. The summed E-state index contributed by atoms with van der Waals surface area (Å²) in [5.74, 6) is 0. The van der Waals surface area contributed by atoms with E-state index in [9.17, 15) is 23.3 Å². The highest BCUT2D eigenvalue weighted by Crippen LogP contribution is 2.39. The normalized spacial score (nSPS) is 11.8. The van der Waals surface area contributed by atoms with Crippen molar-refractivity contribution in [1.82, 2.24) is 3.97 Å². The van der Waals surface area contributed by atoms with Gasteiger partial charge in [-0.2, -0.15) is 13.2 Å². The number of rotatable bonds is 3. The van der Waals surface area contributed by atoms with Crippen molar-refractivity contribution in [2.75, 3.05) is 0 Å². The van der Waals surface area contributed by atoms with Gasteiger partial charge in [-0.05, 0) is 29.8 Å². The molecular formula is C15H9F3N2O2S. The van der Waals surface area contributed by atoms with Gasteiger partial charge >= 0.3 is 5.51 Å². The Kier molecular flexibility index (Phi) is 3.77. The fourth-order valence-corrected chi connectivity index (χ4v) is 3.01. The van der Waals surface area contributed by atoms with Gasteiger partial charge in [-0.15, -0.1) is 0 Å². The van der Waals surface area contributed by atoms with Gasteiger partial charge in [0, 0.05) is 17.5 Å². The molecule has 0 bridgehead atoms. The lowest BCUT2D eigenvalue weighted by Gasteiger charge is -2.11. The Morgan fingerprint density at radius 1 is 1.04 bits per heavy atom. The molecule has 0 amide bonds. The van der Waals surface area contributed by atoms with Crippen LogP contribution in [-0.2, 0) is 0 Å². The third kappa shape index (κ3) is 3.16. The lowest BCUT2D eigenvalue weighted by atomic mass is 10.1. The Morgan fingerprint density at radius 2 is 1.70 bits per heavy atom. The van der Waals surface area contributed by atoms with Crippen LogP contribution in [0.1, 0.15) is 0 Å². The molecule has 0 aliphatic carbocycles. The summed E-state index contributed by atoms with van der Waals surface area (Å²) in [5, 5.41) is 11.4. The zero-order chi connectivity index (χ0) is 16.6. The molecule has 23 heavy (non-hydrogen) atoms. The smallest absolute Gasteiger partial charge is 0.276 e. The first-order valence-electron chi connectivity index (χ1n) is 6.47. The second-order valence-corrected chi connectivity index (χ2v) is 5.73. The van der Waals surface area contributed by atoms with E-state index in [1.54, 1.807) is 30.3 Å². The van der Waals surface area contributed by atoms with Crippen LogP contribution >= 0.6 is 11.9 Å². The van der Waals surface area contributed by atoms with E-state index >= 15 is 0 Å². The average Bonchev–Trinajstić information content (AvgIpc) is 2.84. The number of non-ortho nitro benzene ring substituents is 1. The van der Waals surface area contributed by atoms with Crippen LogP contribution in [0.4, 0.5) is 18.9 Å². The van der Waals surface area contributed by atoms with E-state index in [1.165, 1.54) is 24.3 Å². The Hall–Kier alpha value is -2.48. The van der Waals surface area contributed by atoms with Crippen LogP contribution in [0, 0.1) is 10.1 Å². The van der Waals surface area contributed by atoms with Crippen molar-refractivity contribution in [2.45, 2.75) is 5.51 Å². The van der Waals surface area contributed by atoms with Crippen molar-refractivity contribution in [3.63, 3.8) is 0 Å². The number of nitrogens with zero attached hydrogens (tertiary/aromatic N) is 2. The van der Waals surface area contributed by atoms with Gasteiger partial charge in [-0.25, -0.2) is 0 Å². The number of halogens is 3. The van der Waals surface area contributed by atoms with Gasteiger partial charge in [0.25, 0.3) is 5.69 Å². The maximum absolute atomic E-state index is 12.9. The maximum atomic E-state index is 12.9. The summed E-state index contributed by atoms with van der Waals surface area (Å²) in [6, 6.07) is 13.8. The molecule has 0 saturated heterocycles. The Bertz CT molecular complexity index is 873. The number of benzene rings is 2. The number of hydrogen-bond donors (Lipinski definition) is 0. The van der Waals surface area contributed by atoms with Crippen LogP contribution in [0.15, 0.2) is 54.6 Å². The summed E-state index contributed by atoms with van der Waals surface area (Å²) >= 11 is -0.248. The molecule has 1 heterocycles. The molecule has 0 aliphatic rings. The highest BCUT2D eigenvalue weighted by atomic mass is 32.2. The summed E-state index contributed by atoms with van der Waals surface area (Å²) in [4.78, 5) is 10.1. The zero-order valence-corrected chi connectivity index (χ0v) is 12.3. The van der Waals surface area contributed by atoms with Crippen molar-refractivity contribution in [3.8, 4) is 11.3 Å². The van der Waals surface area contributed by atoms with Gasteiger partial charge in [-0.1, -0.05) is 18.2 Å². The van der Waals surface area contributed by atoms with Gasteiger partial charge in [0.2, 0.25) is 0 Å². The number of aromatic nitrogens is 1. The Morgan fingerprint density at radius 3 is 2.30 bits per heavy atom. The predicted octanol–water partition coefficient (Wildman–Crippen LogP) is 5.23. The molecule has 0 N–H and O–H groups in total. The Labute approximate surface area is 132 Å². The first-order chi connectivity index (χ1) is 10.8. The number of nitro benzene ring substituents is 1. The largest absolute Gasteiger partial charge is 0.462 e. The zero-order valence-electron chi connectivity index (χ0n) is 11.4. The first-order valence-corrected chi connectivity index (χ1v) is 7.24. The number of para-hydroxylation sites is 1. The lowest BCUT2D eigenvalue weighted by molar-refractivity contribution is -0.384. The summed E-state index contributed by atoms with van der Waals surface area (Å²) in [6.45, 7) is 0. The van der Waals surface area contributed by atoms with Crippen molar-refractivity contribution in [1.29, 1.82) is 0 Å². The Balaban J connectivity index is 2.15. The molecule has 8 heteroatoms. The molecule has 3 rings (SSSR count). The molecule has 0 atom stereocenters. The molecular weight excluding hydrogens is 329 g/mol. The van der Waals surface area contributed by atoms with Crippen LogP contribution in [-0.4, -0.2) is 14.4 Å². The monoisotopic (exact) mass is 338 g/mol. The second-order valence-electron chi connectivity index (χ2n) is 4.72. The molecule has 0 radical (unpaired) electrons. The van der Waals surface area contributed by atoms with Crippen LogP contribution in [0.2, 0.25) is 0 Å². The van der Waals surface area contributed by atoms with E-state index in [0.29, 0.717) is 22.2 Å². The highest BCUT2D eigenvalue weighted by molar-refractivity contribution is 7.98. The van der Waals surface area contributed by atoms with Crippen LogP contribution < -0.4 is 0 Å². The standard InChI is InChI=1S/C15H9F3N2O2S/c16-15(17,18)23-19-13-4-2-1-3-11(13)9-14(19)10-5-7-12(8-6-10)20(21)22/h1-9H. The van der Waals surface area contributed by atoms with Gasteiger partial charge < -0.3 is 0 Å². The summed E-state index contributed by atoms with van der Waals surface area (Å²) < 4.78 is 39.7. The predicted molar refractivity (Wildman–Crippen MR) is 83.1 cm³/mol. The molecule has 0 fully saturated rings. The third-order valence-corrected chi connectivity index (χ3v) is 4.02. The van der Waals surface area contributed by atoms with E-state index in [2.05, 4.69) is 0 Å². The number of hydrogen-bond acceptors (Lipinski definition) is 3. The lowest BCUT2D eigenvalue weighted by Crippen LogP contribution is -2.05. The molecule has 0 saturated carbocycles. The van der Waals surface area contributed by atoms with E-state index in [-0.39, 0.29) is 17.6 Å². The van der Waals surface area contributed by atoms with Gasteiger partial charge in [-0.3, -0.25) is 14.1 Å². The number of fused-ring (bicyclic) bond motifs is 1. The van der Waals surface area contributed by atoms with Gasteiger partial charge in [0.05, 0.1) is 28.1 Å². The molecule has 0 unspecified atom stereocenters. The van der Waals surface area contributed by atoms with Crippen LogP contribution in [0.25, 0.3) is 22.2 Å². The number of nitro groups is 1. The fraction of sp³-hybridized carbons (Fsp3) is 0.0667. The molecule has 1 aromatic heterocycles. The van der Waals surface area contributed by atoms with Crippen LogP contribution in [0.5, 0.6) is 0 Å². The highest BCUT2D eigenvalue weighted by Gasteiger charge is 2.32. The molecule has 0 aliphatic heterocycles. The minimum absolute atomic E-state index is 0.111. The minimum atomic E-state index is -4.45. The second kappa shape index (κ2) is 5.62. The SMILES string of the molecule is O=[N+]([O-])c1ccc(-c2cc3ccccc3n2SC(F)(F)F)cc1. The van der Waals surface area contributed by atoms with Crippen molar-refractivity contribution in [2.24, 2.45) is 0 Å². The maximum Gasteiger partial charge on any atom is 0.462 e. The van der Waals surface area contributed by atoms with Gasteiger partial charge in [0.15, 0.2) is 0 Å². The molecule has 4 nitrogen and oxygen atoms in total. The van der Waals surface area contributed by atoms with E-state index in [4.69, 9.17) is 0 Å². The van der Waals surface area contributed by atoms with Crippen LogP contribution in [0.3, 0.4) is 0 Å². The van der Waals surface area contributed by atoms with E-state index in [1.807, 2.05) is 0 Å². The van der Waals surface area contributed by atoms with E-state index in [0.717, 1.165) is 3.97 Å². The van der Waals surface area contributed by atoms with Crippen molar-refractivity contribution in [3.05, 3.63) is 64.7 Å². The summed E-state index contributed by atoms with van der Waals surface area (Å²) in [6.07, 6.45) is 0. The van der Waals surface area contributed by atoms with Crippen molar-refractivity contribution < 1.29 is 18.1 Å².